The molecule has 1 fully saturated rings. The number of carbonyl (C=O) groups excluding carboxylic acids is 3. The van der Waals surface area contributed by atoms with Gasteiger partial charge in [-0.3, -0.25) is 19.3 Å². The van der Waals surface area contributed by atoms with E-state index >= 15 is 0 Å². The number of hydrogen-bond acceptors (Lipinski definition) is 6. The molecular formula is C15H13Cl2NO5S. The van der Waals surface area contributed by atoms with Gasteiger partial charge in [0.05, 0.1) is 16.0 Å². The zero-order chi connectivity index (χ0) is 18.0. The summed E-state index contributed by atoms with van der Waals surface area (Å²) in [5.74, 6) is -1.59. The fourth-order valence-corrected chi connectivity index (χ4v) is 3.24. The van der Waals surface area contributed by atoms with Crippen molar-refractivity contribution >= 4 is 58.2 Å². The van der Waals surface area contributed by atoms with Crippen molar-refractivity contribution in [3.63, 3.8) is 0 Å². The minimum atomic E-state index is -0.679. The second kappa shape index (κ2) is 7.46. The Morgan fingerprint density at radius 2 is 2.04 bits per heavy atom. The fourth-order valence-electron chi connectivity index (χ4n) is 1.90. The van der Waals surface area contributed by atoms with Crippen molar-refractivity contribution in [1.29, 1.82) is 0 Å². The van der Waals surface area contributed by atoms with E-state index in [4.69, 9.17) is 27.9 Å². The van der Waals surface area contributed by atoms with Crippen molar-refractivity contribution in [2.24, 2.45) is 0 Å². The molecule has 24 heavy (non-hydrogen) atoms. The molecule has 0 aromatic heterocycles. The molecule has 0 bridgehead atoms. The average Bonchev–Trinajstić information content (AvgIpc) is 2.71. The molecule has 0 radical (unpaired) electrons. The number of thioether (sulfide) groups is 1. The van der Waals surface area contributed by atoms with Crippen LogP contribution < -0.4 is 0 Å². The van der Waals surface area contributed by atoms with Crippen molar-refractivity contribution in [1.82, 2.24) is 4.90 Å². The molecule has 1 heterocycles. The Hall–Kier alpha value is -1.70. The summed E-state index contributed by atoms with van der Waals surface area (Å²) in [6, 6.07) is 2.76. The number of benzene rings is 1. The quantitative estimate of drug-likeness (QED) is 0.624. The molecule has 9 heteroatoms. The number of amides is 2. The summed E-state index contributed by atoms with van der Waals surface area (Å²) >= 11 is 12.3. The maximum absolute atomic E-state index is 12.3. The van der Waals surface area contributed by atoms with Gasteiger partial charge in [0.25, 0.3) is 11.1 Å². The number of halogens is 2. The van der Waals surface area contributed by atoms with Crippen LogP contribution in [0.5, 0.6) is 5.75 Å². The zero-order valence-corrected chi connectivity index (χ0v) is 15.0. The lowest BCUT2D eigenvalue weighted by atomic mass is 10.2. The third-order valence-corrected chi connectivity index (χ3v) is 4.29. The van der Waals surface area contributed by atoms with Crippen LogP contribution in [-0.2, 0) is 14.3 Å². The number of nitrogens with zero attached hydrogens (tertiary/aromatic N) is 1. The normalized spacial score (nSPS) is 16.4. The van der Waals surface area contributed by atoms with Gasteiger partial charge in [0.15, 0.2) is 0 Å². The Labute approximate surface area is 152 Å². The van der Waals surface area contributed by atoms with Gasteiger partial charge < -0.3 is 9.84 Å². The number of hydrogen-bond donors (Lipinski definition) is 1. The third kappa shape index (κ3) is 4.23. The van der Waals surface area contributed by atoms with Gasteiger partial charge in [-0.15, -0.1) is 0 Å². The summed E-state index contributed by atoms with van der Waals surface area (Å²) in [4.78, 5) is 36.7. The number of carbonyl (C=O) groups is 3. The van der Waals surface area contributed by atoms with E-state index in [0.717, 1.165) is 4.90 Å². The number of aromatic hydroxyl groups is 1. The molecule has 0 saturated carbocycles. The molecule has 0 atom stereocenters. The number of phenolic OH excluding ortho intramolecular Hbond substituents is 1. The van der Waals surface area contributed by atoms with Crippen molar-refractivity contribution in [2.45, 2.75) is 20.0 Å². The Kier molecular flexibility index (Phi) is 5.79. The first-order chi connectivity index (χ1) is 11.2. The van der Waals surface area contributed by atoms with Gasteiger partial charge in [0.1, 0.15) is 12.3 Å². The second-order valence-corrected chi connectivity index (χ2v) is 6.97. The van der Waals surface area contributed by atoms with E-state index in [2.05, 4.69) is 0 Å². The van der Waals surface area contributed by atoms with Crippen LogP contribution in [0.4, 0.5) is 4.79 Å². The molecule has 2 amide bonds. The second-order valence-electron chi connectivity index (χ2n) is 5.13. The van der Waals surface area contributed by atoms with E-state index in [1.807, 2.05) is 0 Å². The Balaban J connectivity index is 2.24. The molecule has 1 aliphatic rings. The highest BCUT2D eigenvalue weighted by molar-refractivity contribution is 8.18. The first-order valence-corrected chi connectivity index (χ1v) is 8.39. The van der Waals surface area contributed by atoms with Crippen LogP contribution in [-0.4, -0.2) is 39.8 Å². The standard InChI is InChI=1S/C15H13Cl2NO5S/c1-7(2)23-12(19)6-18-14(21)11(24-15(18)22)4-8-3-9(16)5-10(17)13(8)20/h3-5,7,20H,6H2,1-2H3/b11-4+. The molecule has 0 spiro atoms. The molecular weight excluding hydrogens is 377 g/mol. The topological polar surface area (TPSA) is 83.9 Å². The molecule has 1 aromatic rings. The summed E-state index contributed by atoms with van der Waals surface area (Å²) in [5, 5.41) is 9.61. The monoisotopic (exact) mass is 389 g/mol. The zero-order valence-electron chi connectivity index (χ0n) is 12.7. The highest BCUT2D eigenvalue weighted by Gasteiger charge is 2.37. The summed E-state index contributed by atoms with van der Waals surface area (Å²) in [6.07, 6.45) is 0.949. The van der Waals surface area contributed by atoms with Gasteiger partial charge in [0.2, 0.25) is 0 Å². The minimum absolute atomic E-state index is 0.0217. The smallest absolute Gasteiger partial charge is 0.326 e. The van der Waals surface area contributed by atoms with Gasteiger partial charge in [-0.2, -0.15) is 0 Å². The lowest BCUT2D eigenvalue weighted by molar-refractivity contribution is -0.149. The van der Waals surface area contributed by atoms with Crippen LogP contribution in [0.3, 0.4) is 0 Å². The first kappa shape index (κ1) is 18.6. The molecule has 1 N–H and O–H groups in total. The lowest BCUT2D eigenvalue weighted by Gasteiger charge is -2.13. The molecule has 6 nitrogen and oxygen atoms in total. The average molecular weight is 390 g/mol. The fraction of sp³-hybridized carbons (Fsp3) is 0.267. The van der Waals surface area contributed by atoms with Crippen LogP contribution in [0.25, 0.3) is 6.08 Å². The van der Waals surface area contributed by atoms with Crippen LogP contribution in [0.2, 0.25) is 10.0 Å². The number of phenols is 1. The number of rotatable bonds is 4. The Morgan fingerprint density at radius 3 is 2.67 bits per heavy atom. The molecule has 0 aliphatic carbocycles. The van der Waals surface area contributed by atoms with Gasteiger partial charge >= 0.3 is 5.97 Å². The summed E-state index contributed by atoms with van der Waals surface area (Å²) in [7, 11) is 0. The molecule has 1 aromatic carbocycles. The SMILES string of the molecule is CC(C)OC(=O)CN1C(=O)S/C(=C/c2cc(Cl)cc(Cl)c2O)C1=O. The number of esters is 1. The van der Waals surface area contributed by atoms with Crippen LogP contribution in [0, 0.1) is 0 Å². The van der Waals surface area contributed by atoms with E-state index in [0.29, 0.717) is 11.8 Å². The van der Waals surface area contributed by atoms with Crippen molar-refractivity contribution in [2.75, 3.05) is 6.54 Å². The van der Waals surface area contributed by atoms with Crippen LogP contribution in [0.1, 0.15) is 19.4 Å². The number of ether oxygens (including phenoxy) is 1. The highest BCUT2D eigenvalue weighted by atomic mass is 35.5. The van der Waals surface area contributed by atoms with Gasteiger partial charge in [-0.1, -0.05) is 23.2 Å². The molecule has 128 valence electrons. The minimum Gasteiger partial charge on any atom is -0.506 e. The Morgan fingerprint density at radius 1 is 1.38 bits per heavy atom. The van der Waals surface area contributed by atoms with E-state index in [1.165, 1.54) is 18.2 Å². The predicted octanol–water partition coefficient (Wildman–Crippen LogP) is 3.69. The largest absolute Gasteiger partial charge is 0.506 e. The Bertz CT molecular complexity index is 748. The van der Waals surface area contributed by atoms with Crippen molar-refractivity contribution in [3.8, 4) is 5.75 Å². The highest BCUT2D eigenvalue weighted by Crippen LogP contribution is 2.37. The molecule has 1 saturated heterocycles. The number of imide groups is 1. The van der Waals surface area contributed by atoms with Crippen LogP contribution >= 0.6 is 35.0 Å². The summed E-state index contributed by atoms with van der Waals surface area (Å²) in [5.41, 5.74) is 0.197. The lowest BCUT2D eigenvalue weighted by Crippen LogP contribution is -2.35. The predicted molar refractivity (Wildman–Crippen MR) is 92.0 cm³/mol. The van der Waals surface area contributed by atoms with Crippen molar-refractivity contribution in [3.05, 3.63) is 32.6 Å². The molecule has 1 aliphatic heterocycles. The molecule has 0 unspecified atom stereocenters. The van der Waals surface area contributed by atoms with E-state index in [1.54, 1.807) is 13.8 Å². The van der Waals surface area contributed by atoms with Gasteiger partial charge in [-0.25, -0.2) is 0 Å². The summed E-state index contributed by atoms with van der Waals surface area (Å²) < 4.78 is 4.92. The summed E-state index contributed by atoms with van der Waals surface area (Å²) in [6.45, 7) is 2.86. The van der Waals surface area contributed by atoms with E-state index in [-0.39, 0.29) is 32.4 Å². The third-order valence-electron chi connectivity index (χ3n) is 2.87. The van der Waals surface area contributed by atoms with E-state index < -0.39 is 23.7 Å². The molecule has 2 rings (SSSR count). The van der Waals surface area contributed by atoms with E-state index in [9.17, 15) is 19.5 Å². The maximum Gasteiger partial charge on any atom is 0.326 e. The van der Waals surface area contributed by atoms with Crippen LogP contribution in [0.15, 0.2) is 17.0 Å². The van der Waals surface area contributed by atoms with Gasteiger partial charge in [-0.05, 0) is 43.8 Å². The maximum atomic E-state index is 12.3. The first-order valence-electron chi connectivity index (χ1n) is 6.82. The van der Waals surface area contributed by atoms with Crippen molar-refractivity contribution < 1.29 is 24.2 Å². The van der Waals surface area contributed by atoms with Gasteiger partial charge in [0, 0.05) is 10.6 Å².